The van der Waals surface area contributed by atoms with Crippen molar-refractivity contribution in [3.63, 3.8) is 0 Å². The predicted octanol–water partition coefficient (Wildman–Crippen LogP) is 2.40. The molecule has 0 radical (unpaired) electrons. The van der Waals surface area contributed by atoms with Gasteiger partial charge >= 0.3 is 0 Å². The van der Waals surface area contributed by atoms with Crippen LogP contribution < -0.4 is 10.6 Å². The summed E-state index contributed by atoms with van der Waals surface area (Å²) in [5, 5.41) is 7.00. The monoisotopic (exact) mass is 212 g/mol. The Bertz CT molecular complexity index is 175. The van der Waals surface area contributed by atoms with Crippen LogP contribution in [0, 0.1) is 11.3 Å². The minimum absolute atomic E-state index is 0.568. The zero-order chi connectivity index (χ0) is 11.3. The first-order valence-electron chi connectivity index (χ1n) is 6.46. The van der Waals surface area contributed by atoms with Crippen molar-refractivity contribution in [2.24, 2.45) is 11.3 Å². The highest BCUT2D eigenvalue weighted by Gasteiger charge is 2.33. The van der Waals surface area contributed by atoms with Crippen LogP contribution in [-0.4, -0.2) is 25.7 Å². The van der Waals surface area contributed by atoms with Crippen LogP contribution >= 0.6 is 0 Å². The van der Waals surface area contributed by atoms with E-state index in [2.05, 4.69) is 38.3 Å². The van der Waals surface area contributed by atoms with Crippen LogP contribution in [0.5, 0.6) is 0 Å². The maximum atomic E-state index is 3.58. The van der Waals surface area contributed by atoms with Crippen LogP contribution in [0.3, 0.4) is 0 Å². The molecule has 2 heteroatoms. The summed E-state index contributed by atoms with van der Waals surface area (Å²) in [6, 6.07) is 0.606. The molecule has 15 heavy (non-hydrogen) atoms. The van der Waals surface area contributed by atoms with Crippen LogP contribution in [0.25, 0.3) is 0 Å². The maximum Gasteiger partial charge on any atom is 0.00790 e. The van der Waals surface area contributed by atoms with Gasteiger partial charge in [0.1, 0.15) is 0 Å². The van der Waals surface area contributed by atoms with Crippen molar-refractivity contribution >= 4 is 0 Å². The third-order valence-electron chi connectivity index (χ3n) is 3.72. The van der Waals surface area contributed by atoms with Gasteiger partial charge in [0.25, 0.3) is 0 Å². The normalized spacial score (nSPS) is 25.0. The van der Waals surface area contributed by atoms with E-state index in [4.69, 9.17) is 0 Å². The standard InChI is InChI=1S/C13H28N2/c1-11(2)15-9-8-14-10-12-6-5-7-13(12,3)4/h11-12,14-15H,5-10H2,1-4H3. The van der Waals surface area contributed by atoms with Crippen molar-refractivity contribution in [1.82, 2.24) is 10.6 Å². The summed E-state index contributed by atoms with van der Waals surface area (Å²) in [5.41, 5.74) is 0.568. The molecule has 2 N–H and O–H groups in total. The molecule has 90 valence electrons. The van der Waals surface area contributed by atoms with Crippen molar-refractivity contribution in [3.05, 3.63) is 0 Å². The van der Waals surface area contributed by atoms with Gasteiger partial charge in [0.2, 0.25) is 0 Å². The number of rotatable bonds is 6. The molecule has 0 aromatic rings. The Balaban J connectivity index is 2.05. The average Bonchev–Trinajstić information content (AvgIpc) is 2.44. The first kappa shape index (κ1) is 13.0. The fraction of sp³-hybridized carbons (Fsp3) is 1.00. The predicted molar refractivity (Wildman–Crippen MR) is 67.1 cm³/mol. The number of hydrogen-bond acceptors (Lipinski definition) is 2. The van der Waals surface area contributed by atoms with Gasteiger partial charge in [-0.2, -0.15) is 0 Å². The highest BCUT2D eigenvalue weighted by atomic mass is 15.0. The fourth-order valence-corrected chi connectivity index (χ4v) is 2.50. The van der Waals surface area contributed by atoms with E-state index in [0.29, 0.717) is 11.5 Å². The van der Waals surface area contributed by atoms with E-state index in [1.165, 1.54) is 25.8 Å². The molecule has 0 aromatic heterocycles. The third kappa shape index (κ3) is 4.52. The lowest BCUT2D eigenvalue weighted by atomic mass is 9.82. The molecule has 1 aliphatic rings. The van der Waals surface area contributed by atoms with Gasteiger partial charge in [0.05, 0.1) is 0 Å². The van der Waals surface area contributed by atoms with Crippen molar-refractivity contribution in [1.29, 1.82) is 0 Å². The Morgan fingerprint density at radius 1 is 1.27 bits per heavy atom. The lowest BCUT2D eigenvalue weighted by Gasteiger charge is -2.27. The molecule has 0 saturated heterocycles. The Hall–Kier alpha value is -0.0800. The number of hydrogen-bond donors (Lipinski definition) is 2. The summed E-state index contributed by atoms with van der Waals surface area (Å²) < 4.78 is 0. The minimum atomic E-state index is 0.568. The molecule has 1 atom stereocenters. The van der Waals surface area contributed by atoms with Crippen LogP contribution in [0.2, 0.25) is 0 Å². The second kappa shape index (κ2) is 5.86. The van der Waals surface area contributed by atoms with E-state index < -0.39 is 0 Å². The first-order chi connectivity index (χ1) is 7.02. The third-order valence-corrected chi connectivity index (χ3v) is 3.72. The van der Waals surface area contributed by atoms with Crippen molar-refractivity contribution < 1.29 is 0 Å². The molecule has 2 nitrogen and oxygen atoms in total. The van der Waals surface area contributed by atoms with E-state index in [1.807, 2.05) is 0 Å². The van der Waals surface area contributed by atoms with Gasteiger partial charge < -0.3 is 10.6 Å². The lowest BCUT2D eigenvalue weighted by molar-refractivity contribution is 0.252. The summed E-state index contributed by atoms with van der Waals surface area (Å²) >= 11 is 0. The molecule has 0 spiro atoms. The van der Waals surface area contributed by atoms with Gasteiger partial charge in [-0.3, -0.25) is 0 Å². The van der Waals surface area contributed by atoms with Crippen LogP contribution in [-0.2, 0) is 0 Å². The van der Waals surface area contributed by atoms with E-state index in [-0.39, 0.29) is 0 Å². The summed E-state index contributed by atoms with van der Waals surface area (Å²) in [6.45, 7) is 12.6. The molecule has 0 bridgehead atoms. The fourth-order valence-electron chi connectivity index (χ4n) is 2.50. The molecule has 0 heterocycles. The minimum Gasteiger partial charge on any atom is -0.315 e. The second-order valence-electron chi connectivity index (χ2n) is 5.89. The quantitative estimate of drug-likeness (QED) is 0.661. The molecule has 1 aliphatic carbocycles. The van der Waals surface area contributed by atoms with Crippen molar-refractivity contribution in [3.8, 4) is 0 Å². The largest absolute Gasteiger partial charge is 0.315 e. The highest BCUT2D eigenvalue weighted by Crippen LogP contribution is 2.41. The highest BCUT2D eigenvalue weighted by molar-refractivity contribution is 4.85. The van der Waals surface area contributed by atoms with E-state index in [1.54, 1.807) is 0 Å². The van der Waals surface area contributed by atoms with Crippen LogP contribution in [0.1, 0.15) is 47.0 Å². The maximum absolute atomic E-state index is 3.58. The molecule has 1 fully saturated rings. The summed E-state index contributed by atoms with van der Waals surface area (Å²) in [7, 11) is 0. The summed E-state index contributed by atoms with van der Waals surface area (Å²) in [5.74, 6) is 0.886. The first-order valence-corrected chi connectivity index (χ1v) is 6.46. The molecule has 1 saturated carbocycles. The zero-order valence-electron chi connectivity index (χ0n) is 10.9. The SMILES string of the molecule is CC(C)NCCNCC1CCCC1(C)C. The van der Waals surface area contributed by atoms with Gasteiger partial charge in [0, 0.05) is 19.1 Å². The van der Waals surface area contributed by atoms with E-state index >= 15 is 0 Å². The second-order valence-corrected chi connectivity index (χ2v) is 5.89. The lowest BCUT2D eigenvalue weighted by Crippen LogP contribution is -2.35. The molecule has 1 unspecified atom stereocenters. The van der Waals surface area contributed by atoms with Gasteiger partial charge in [-0.25, -0.2) is 0 Å². The van der Waals surface area contributed by atoms with E-state index in [0.717, 1.165) is 19.0 Å². The molecule has 1 rings (SSSR count). The van der Waals surface area contributed by atoms with Gasteiger partial charge in [-0.15, -0.1) is 0 Å². The van der Waals surface area contributed by atoms with Crippen LogP contribution in [0.4, 0.5) is 0 Å². The van der Waals surface area contributed by atoms with Gasteiger partial charge in [-0.1, -0.05) is 34.1 Å². The molecule has 0 amide bonds. The molecular formula is C13H28N2. The van der Waals surface area contributed by atoms with Crippen molar-refractivity contribution in [2.45, 2.75) is 53.0 Å². The van der Waals surface area contributed by atoms with E-state index in [9.17, 15) is 0 Å². The Labute approximate surface area is 95.2 Å². The smallest absolute Gasteiger partial charge is 0.00790 e. The molecule has 0 aromatic carbocycles. The topological polar surface area (TPSA) is 24.1 Å². The van der Waals surface area contributed by atoms with Gasteiger partial charge in [0.15, 0.2) is 0 Å². The average molecular weight is 212 g/mol. The summed E-state index contributed by atoms with van der Waals surface area (Å²) in [4.78, 5) is 0. The van der Waals surface area contributed by atoms with Gasteiger partial charge in [-0.05, 0) is 30.7 Å². The number of nitrogens with one attached hydrogen (secondary N) is 2. The molecule has 0 aliphatic heterocycles. The zero-order valence-corrected chi connectivity index (χ0v) is 10.9. The Morgan fingerprint density at radius 3 is 2.53 bits per heavy atom. The Morgan fingerprint density at radius 2 is 2.00 bits per heavy atom. The summed E-state index contributed by atoms with van der Waals surface area (Å²) in [6.07, 6.45) is 4.24. The van der Waals surface area contributed by atoms with Crippen LogP contribution in [0.15, 0.2) is 0 Å². The molecular weight excluding hydrogens is 184 g/mol. The van der Waals surface area contributed by atoms with Crippen molar-refractivity contribution in [2.75, 3.05) is 19.6 Å². The Kier molecular flexibility index (Phi) is 5.07.